The van der Waals surface area contributed by atoms with Crippen LogP contribution in [0, 0.1) is 17.2 Å². The van der Waals surface area contributed by atoms with Gasteiger partial charge >= 0.3 is 0 Å². The van der Waals surface area contributed by atoms with E-state index in [9.17, 15) is 5.26 Å². The highest BCUT2D eigenvalue weighted by Crippen LogP contribution is 2.40. The molecule has 0 saturated carbocycles. The molecule has 0 aromatic heterocycles. The van der Waals surface area contributed by atoms with E-state index in [-0.39, 0.29) is 29.1 Å². The van der Waals surface area contributed by atoms with Crippen LogP contribution in [0.15, 0.2) is 36.3 Å². The molecule has 0 heterocycles. The summed E-state index contributed by atoms with van der Waals surface area (Å²) in [6.07, 6.45) is -3.82. The molecule has 0 radical (unpaired) electrons. The Morgan fingerprint density at radius 3 is 2.48 bits per heavy atom. The minimum atomic E-state index is -3.45. The van der Waals surface area contributed by atoms with Gasteiger partial charge in [-0.1, -0.05) is 26.0 Å². The lowest BCUT2D eigenvalue weighted by Gasteiger charge is -2.32. The number of methoxy groups -OCH3 is 4. The lowest BCUT2D eigenvalue weighted by molar-refractivity contribution is 0.292. The van der Waals surface area contributed by atoms with Crippen molar-refractivity contribution in [2.24, 2.45) is 5.92 Å². The molecule has 33 heavy (non-hydrogen) atoms. The molecule has 0 N–H and O–H groups in total. The molecule has 1 atom stereocenters. The number of rotatable bonds is 13. The predicted octanol–water partition coefficient (Wildman–Crippen LogP) is 5.09. The number of nitrogens with zero attached hydrogens (tertiary/aromatic N) is 2. The van der Waals surface area contributed by atoms with E-state index < -0.39 is 92.7 Å². The molecule has 0 fully saturated rings. The van der Waals surface area contributed by atoms with Crippen LogP contribution in [-0.4, -0.2) is 53.2 Å². The summed E-state index contributed by atoms with van der Waals surface area (Å²) in [6, 6.07) is 3.32. The molecule has 0 amide bonds. The van der Waals surface area contributed by atoms with Crippen molar-refractivity contribution in [3.63, 3.8) is 0 Å². The second kappa shape index (κ2) is 12.4. The SMILES string of the molecule is [2H]c1c([2H])c(C([2H])([2H])C([2H])([2H])N(CCCC(C#N)(c2ccc(OC([2H])([2H])[2H])c(OC([2H])([2H])[2H])c2)C(C)C)C([2H])([2H])[2H])c([2H])c(OC)c1OC. The maximum absolute atomic E-state index is 10.5. The van der Waals surface area contributed by atoms with Crippen LogP contribution in [0.1, 0.15) is 59.7 Å². The van der Waals surface area contributed by atoms with Crippen LogP contribution in [-0.2, 0) is 11.8 Å². The number of nitriles is 1. The third-order valence-corrected chi connectivity index (χ3v) is 5.29. The monoisotopic (exact) mass is 470 g/mol. The van der Waals surface area contributed by atoms with Crippen molar-refractivity contribution in [2.75, 3.05) is 48.3 Å². The summed E-state index contributed by atoms with van der Waals surface area (Å²) in [7, 11) is -3.76. The van der Waals surface area contributed by atoms with Gasteiger partial charge in [0.2, 0.25) is 0 Å². The second-order valence-electron chi connectivity index (χ2n) is 7.41. The summed E-state index contributed by atoms with van der Waals surface area (Å²) < 4.78 is 149. The summed E-state index contributed by atoms with van der Waals surface area (Å²) in [5.74, 6) is -2.30. The first-order valence-electron chi connectivity index (χ1n) is 18.1. The van der Waals surface area contributed by atoms with E-state index in [0.717, 1.165) is 26.4 Å². The molecule has 0 aliphatic rings. The highest BCUT2D eigenvalue weighted by Gasteiger charge is 2.36. The summed E-state index contributed by atoms with van der Waals surface area (Å²) in [5, 5.41) is 10.5. The van der Waals surface area contributed by atoms with Crippen LogP contribution in [0.4, 0.5) is 0 Å². The van der Waals surface area contributed by atoms with Crippen molar-refractivity contribution in [1.82, 2.24) is 4.90 Å². The topological polar surface area (TPSA) is 64.0 Å². The van der Waals surface area contributed by atoms with Crippen molar-refractivity contribution in [1.29, 1.82) is 5.26 Å². The molecular weight excluding hydrogens is 416 g/mol. The molecule has 180 valence electrons. The Kier molecular flexibility index (Phi) is 4.30. The molecule has 6 heteroatoms. The average Bonchev–Trinajstić information content (AvgIpc) is 2.93. The van der Waals surface area contributed by atoms with Gasteiger partial charge in [0, 0.05) is 16.1 Å². The highest BCUT2D eigenvalue weighted by molar-refractivity contribution is 5.47. The Balaban J connectivity index is 2.63. The Bertz CT molecular complexity index is 1530. The van der Waals surface area contributed by atoms with Crippen LogP contribution in [0.3, 0.4) is 0 Å². The number of benzene rings is 2. The van der Waals surface area contributed by atoms with Gasteiger partial charge < -0.3 is 23.8 Å². The molecule has 2 aromatic carbocycles. The minimum absolute atomic E-state index is 0.159. The van der Waals surface area contributed by atoms with Crippen molar-refractivity contribution in [3.8, 4) is 29.1 Å². The normalized spacial score (nSPS) is 22.0. The van der Waals surface area contributed by atoms with E-state index in [4.69, 9.17) is 40.9 Å². The maximum atomic E-state index is 10.5. The average molecular weight is 471 g/mol. The van der Waals surface area contributed by atoms with E-state index in [1.54, 1.807) is 13.8 Å². The summed E-state index contributed by atoms with van der Waals surface area (Å²) in [6.45, 7) is -4.11. The van der Waals surface area contributed by atoms with Crippen molar-refractivity contribution < 1.29 is 40.9 Å². The molecule has 0 spiro atoms. The minimum Gasteiger partial charge on any atom is -0.493 e. The molecule has 1 unspecified atom stereocenters. The van der Waals surface area contributed by atoms with Gasteiger partial charge in [0.25, 0.3) is 0 Å². The van der Waals surface area contributed by atoms with E-state index in [0.29, 0.717) is 0 Å². The fourth-order valence-corrected chi connectivity index (χ4v) is 3.39. The molecule has 0 saturated heterocycles. The van der Waals surface area contributed by atoms with Crippen molar-refractivity contribution >= 4 is 0 Å². The largest absolute Gasteiger partial charge is 0.493 e. The Hall–Kier alpha value is -2.91. The Morgan fingerprint density at radius 2 is 1.85 bits per heavy atom. The van der Waals surface area contributed by atoms with Crippen molar-refractivity contribution in [2.45, 2.75) is 38.5 Å². The van der Waals surface area contributed by atoms with Gasteiger partial charge in [-0.15, -0.1) is 0 Å². The predicted molar refractivity (Wildman–Crippen MR) is 132 cm³/mol. The second-order valence-corrected chi connectivity index (χ2v) is 7.41. The van der Waals surface area contributed by atoms with Gasteiger partial charge in [0.05, 0.1) is 52.1 Å². The fourth-order valence-electron chi connectivity index (χ4n) is 3.39. The van der Waals surface area contributed by atoms with E-state index in [1.165, 1.54) is 6.07 Å². The maximum Gasteiger partial charge on any atom is 0.161 e. The zero-order chi connectivity index (χ0) is 38.1. The number of ether oxygens (including phenoxy) is 4. The summed E-state index contributed by atoms with van der Waals surface area (Å²) in [4.78, 5) is 0.234. The van der Waals surface area contributed by atoms with Gasteiger partial charge in [0.1, 0.15) is 0 Å². The molecular formula is C27H38N2O4. The number of likely N-dealkylation sites (N-methyl/N-ethyl adjacent to an activating group) is 1. The first-order valence-corrected chi connectivity index (χ1v) is 10.1. The lowest BCUT2D eigenvalue weighted by atomic mass is 9.69. The quantitative estimate of drug-likeness (QED) is 0.406. The first kappa shape index (κ1) is 11.5. The molecule has 0 aliphatic carbocycles. The molecule has 0 bridgehead atoms. The van der Waals surface area contributed by atoms with Crippen LogP contribution in [0.25, 0.3) is 0 Å². The van der Waals surface area contributed by atoms with Crippen LogP contribution >= 0.6 is 0 Å². The molecule has 2 aromatic rings. The van der Waals surface area contributed by atoms with Crippen LogP contribution in [0.5, 0.6) is 23.0 Å². The van der Waals surface area contributed by atoms with Gasteiger partial charge in [-0.2, -0.15) is 5.26 Å². The highest BCUT2D eigenvalue weighted by atomic mass is 16.5. The smallest absolute Gasteiger partial charge is 0.161 e. The van der Waals surface area contributed by atoms with E-state index in [1.807, 2.05) is 0 Å². The third kappa shape index (κ3) is 6.33. The Labute approximate surface area is 221 Å². The van der Waals surface area contributed by atoms with Gasteiger partial charge in [-0.05, 0) is 74.0 Å². The molecule has 0 aliphatic heterocycles. The van der Waals surface area contributed by atoms with Gasteiger partial charge in [0.15, 0.2) is 23.0 Å². The standard InChI is InChI=1S/C27H38N2O4/c1-20(2)27(19-28,22-10-12-24(31-5)26(18-22)33-7)14-8-15-29(3)16-13-21-9-11-23(30-4)25(17-21)32-6/h9-12,17-18,20H,8,13-16H2,1-7H3/i3D3,5D3,7D3,9D,11D,13D2,16D2,17D. The number of hydrogen-bond donors (Lipinski definition) is 0. The summed E-state index contributed by atoms with van der Waals surface area (Å²) >= 11 is 0. The lowest BCUT2D eigenvalue weighted by Crippen LogP contribution is -2.32. The number of hydrogen-bond acceptors (Lipinski definition) is 6. The fraction of sp³-hybridized carbons (Fsp3) is 0.519. The first-order chi connectivity index (χ1) is 22.1. The van der Waals surface area contributed by atoms with Gasteiger partial charge in [-0.25, -0.2) is 0 Å². The van der Waals surface area contributed by atoms with E-state index in [2.05, 4.69) is 6.07 Å². The zero-order valence-corrected chi connectivity index (χ0v) is 19.0. The third-order valence-electron chi connectivity index (χ3n) is 5.29. The van der Waals surface area contributed by atoms with Crippen molar-refractivity contribution in [3.05, 3.63) is 47.5 Å². The molecule has 2 rings (SSSR count). The summed E-state index contributed by atoms with van der Waals surface area (Å²) in [5.41, 5.74) is -2.29. The Morgan fingerprint density at radius 1 is 1.09 bits per heavy atom. The van der Waals surface area contributed by atoms with Gasteiger partial charge in [-0.3, -0.25) is 0 Å². The van der Waals surface area contributed by atoms with Crippen LogP contribution in [0.2, 0.25) is 0 Å². The van der Waals surface area contributed by atoms with Crippen LogP contribution < -0.4 is 18.9 Å². The molecule has 6 nitrogen and oxygen atoms in total. The van der Waals surface area contributed by atoms with E-state index >= 15 is 0 Å². The zero-order valence-electron chi connectivity index (χ0n) is 35.0.